The van der Waals surface area contributed by atoms with E-state index in [0.717, 1.165) is 109 Å². The highest BCUT2D eigenvalue weighted by Crippen LogP contribution is 2.13. The molecule has 0 aliphatic rings. The average molecular weight is 953 g/mol. The fourth-order valence-corrected chi connectivity index (χ4v) is 7.11. The van der Waals surface area contributed by atoms with Crippen molar-refractivity contribution in [3.05, 3.63) is 134 Å². The van der Waals surface area contributed by atoms with Gasteiger partial charge in [0, 0.05) is 12.8 Å². The van der Waals surface area contributed by atoms with Gasteiger partial charge in [-0.2, -0.15) is 0 Å². The summed E-state index contributed by atoms with van der Waals surface area (Å²) in [5.74, 6) is -1.07. The highest BCUT2D eigenvalue weighted by atomic mass is 16.6. The summed E-state index contributed by atoms with van der Waals surface area (Å²) in [6, 6.07) is 0. The molecule has 388 valence electrons. The molecule has 0 bridgehead atoms. The number of unbranched alkanes of at least 4 members (excludes halogenated alkanes) is 16. The van der Waals surface area contributed by atoms with Crippen LogP contribution in [0.4, 0.5) is 0 Å². The Morgan fingerprint density at radius 3 is 0.957 bits per heavy atom. The zero-order valence-corrected chi connectivity index (χ0v) is 44.3. The number of rotatable bonds is 48. The van der Waals surface area contributed by atoms with Crippen LogP contribution in [0.25, 0.3) is 0 Å². The van der Waals surface area contributed by atoms with Crippen LogP contribution >= 0.6 is 0 Å². The third-order valence-electron chi connectivity index (χ3n) is 11.2. The Balaban J connectivity index is 4.35. The van der Waals surface area contributed by atoms with Crippen molar-refractivity contribution in [2.24, 2.45) is 0 Å². The maximum Gasteiger partial charge on any atom is 0.310 e. The molecule has 0 heterocycles. The molecular weight excluding hydrogens is 853 g/mol. The molecule has 69 heavy (non-hydrogen) atoms. The molecule has 0 N–H and O–H groups in total. The first-order chi connectivity index (χ1) is 34.0. The maximum absolute atomic E-state index is 12.7. The third-order valence-corrected chi connectivity index (χ3v) is 11.2. The zero-order valence-electron chi connectivity index (χ0n) is 44.3. The molecule has 0 radical (unpaired) electrons. The van der Waals surface area contributed by atoms with Crippen LogP contribution in [0.5, 0.6) is 0 Å². The Labute approximate surface area is 424 Å². The van der Waals surface area contributed by atoms with Gasteiger partial charge in [-0.05, 0) is 96.3 Å². The lowest BCUT2D eigenvalue weighted by Crippen LogP contribution is -2.30. The van der Waals surface area contributed by atoms with E-state index < -0.39 is 12.1 Å². The summed E-state index contributed by atoms with van der Waals surface area (Å²) < 4.78 is 16.7. The van der Waals surface area contributed by atoms with Gasteiger partial charge >= 0.3 is 17.9 Å². The predicted molar refractivity (Wildman–Crippen MR) is 297 cm³/mol. The lowest BCUT2D eigenvalue weighted by Gasteiger charge is -2.18. The molecule has 0 aromatic carbocycles. The number of hydrogen-bond acceptors (Lipinski definition) is 6. The molecule has 1 atom stereocenters. The molecule has 0 aliphatic carbocycles. The van der Waals surface area contributed by atoms with Crippen molar-refractivity contribution < 1.29 is 28.6 Å². The fourth-order valence-electron chi connectivity index (χ4n) is 7.11. The number of esters is 3. The maximum atomic E-state index is 12.7. The van der Waals surface area contributed by atoms with Crippen molar-refractivity contribution in [2.45, 2.75) is 232 Å². The van der Waals surface area contributed by atoms with Crippen molar-refractivity contribution >= 4 is 17.9 Å². The summed E-state index contributed by atoms with van der Waals surface area (Å²) in [5.41, 5.74) is 0. The minimum atomic E-state index is -0.837. The standard InChI is InChI=1S/C63H100O6/c1-4-7-10-13-16-19-21-23-25-26-27-28-29-30-31-32-33-34-35-36-38-39-41-44-47-50-53-56-62(65)68-59-60(58-67-61(64)55-52-49-46-43-18-15-12-9-6-3)69-63(66)57-54-51-48-45-42-40-37-24-22-20-17-14-11-8-5-2/h7-8,10-11,16-17,19-20,23-25,27-28,30-31,33-34,37,42,45,51,54,60H,4-6,9,12-15,18,21-22,26,29,32,35-36,38-41,43-44,46-50,52-53,55-59H2,1-3H3/b10-7-,11-8-,19-16-,20-17-,25-23-,28-27-,31-30-,34-33-,37-24-,45-42-,54-51-. The monoisotopic (exact) mass is 953 g/mol. The Kier molecular flexibility index (Phi) is 52.5. The van der Waals surface area contributed by atoms with E-state index in [1.807, 2.05) is 6.08 Å². The second-order valence-electron chi connectivity index (χ2n) is 17.8. The first-order valence-corrected chi connectivity index (χ1v) is 27.7. The Morgan fingerprint density at radius 1 is 0.319 bits per heavy atom. The third kappa shape index (κ3) is 54.4. The smallest absolute Gasteiger partial charge is 0.310 e. The van der Waals surface area contributed by atoms with Crippen LogP contribution in [0.1, 0.15) is 226 Å². The van der Waals surface area contributed by atoms with Gasteiger partial charge in [-0.15, -0.1) is 0 Å². The summed E-state index contributed by atoms with van der Waals surface area (Å²) in [5, 5.41) is 0. The minimum absolute atomic E-state index is 0.0911. The van der Waals surface area contributed by atoms with E-state index in [4.69, 9.17) is 14.2 Å². The highest BCUT2D eigenvalue weighted by molar-refractivity contribution is 5.72. The Morgan fingerprint density at radius 2 is 0.609 bits per heavy atom. The van der Waals surface area contributed by atoms with Crippen LogP contribution in [-0.4, -0.2) is 37.2 Å². The van der Waals surface area contributed by atoms with E-state index in [1.165, 1.54) is 70.6 Å². The normalized spacial score (nSPS) is 13.1. The van der Waals surface area contributed by atoms with Gasteiger partial charge in [-0.25, -0.2) is 0 Å². The number of ether oxygens (including phenoxy) is 3. The van der Waals surface area contributed by atoms with Crippen LogP contribution in [0, 0.1) is 0 Å². The largest absolute Gasteiger partial charge is 0.462 e. The molecule has 0 fully saturated rings. The van der Waals surface area contributed by atoms with E-state index in [9.17, 15) is 14.4 Å². The van der Waals surface area contributed by atoms with Crippen LogP contribution in [0.15, 0.2) is 134 Å². The van der Waals surface area contributed by atoms with Gasteiger partial charge in [0.2, 0.25) is 0 Å². The van der Waals surface area contributed by atoms with Crippen molar-refractivity contribution in [3.63, 3.8) is 0 Å². The lowest BCUT2D eigenvalue weighted by molar-refractivity contribution is -0.166. The van der Waals surface area contributed by atoms with E-state index >= 15 is 0 Å². The van der Waals surface area contributed by atoms with Crippen LogP contribution < -0.4 is 0 Å². The number of allylic oxidation sites excluding steroid dienone is 21. The van der Waals surface area contributed by atoms with E-state index in [2.05, 4.69) is 142 Å². The lowest BCUT2D eigenvalue weighted by atomic mass is 10.1. The predicted octanol–water partition coefficient (Wildman–Crippen LogP) is 18.6. The zero-order chi connectivity index (χ0) is 50.0. The molecule has 0 saturated carbocycles. The SMILES string of the molecule is CC/C=C\C/C=C\C/C=C\C/C=C\C/C=C\C/C=C\CCCCCCCCCCC(=O)OCC(COC(=O)CCCCCCCCCCC)OC(=O)C/C=C\C/C=C\C/C=C\C/C=C\C/C=C\CC. The fraction of sp³-hybridized carbons (Fsp3) is 0.603. The molecule has 0 amide bonds. The molecular formula is C63H100O6. The Bertz CT molecular complexity index is 1510. The topological polar surface area (TPSA) is 78.9 Å². The van der Waals surface area contributed by atoms with Crippen molar-refractivity contribution in [1.82, 2.24) is 0 Å². The van der Waals surface area contributed by atoms with Crippen LogP contribution in [0.3, 0.4) is 0 Å². The molecule has 1 unspecified atom stereocenters. The number of carbonyl (C=O) groups excluding carboxylic acids is 3. The Hall–Kier alpha value is -4.45. The molecule has 0 spiro atoms. The summed E-state index contributed by atoms with van der Waals surface area (Å²) in [7, 11) is 0. The quantitative estimate of drug-likeness (QED) is 0.0262. The van der Waals surface area contributed by atoms with E-state index in [-0.39, 0.29) is 31.6 Å². The summed E-state index contributed by atoms with van der Waals surface area (Å²) in [4.78, 5) is 37.9. The second-order valence-corrected chi connectivity index (χ2v) is 17.8. The summed E-state index contributed by atoms with van der Waals surface area (Å²) >= 11 is 0. The van der Waals surface area contributed by atoms with Gasteiger partial charge in [0.05, 0.1) is 6.42 Å². The minimum Gasteiger partial charge on any atom is -0.462 e. The van der Waals surface area contributed by atoms with Crippen molar-refractivity contribution in [1.29, 1.82) is 0 Å². The first kappa shape index (κ1) is 64.5. The van der Waals surface area contributed by atoms with Crippen molar-refractivity contribution in [2.75, 3.05) is 13.2 Å². The van der Waals surface area contributed by atoms with Gasteiger partial charge in [-0.1, -0.05) is 244 Å². The van der Waals surface area contributed by atoms with Crippen LogP contribution in [0.2, 0.25) is 0 Å². The number of carbonyl (C=O) groups is 3. The van der Waals surface area contributed by atoms with Crippen molar-refractivity contribution in [3.8, 4) is 0 Å². The van der Waals surface area contributed by atoms with Gasteiger partial charge in [0.1, 0.15) is 13.2 Å². The second kappa shape index (κ2) is 56.1. The molecule has 0 aromatic rings. The van der Waals surface area contributed by atoms with Gasteiger partial charge in [0.25, 0.3) is 0 Å². The molecule has 0 aliphatic heterocycles. The van der Waals surface area contributed by atoms with Crippen LogP contribution in [-0.2, 0) is 28.6 Å². The van der Waals surface area contributed by atoms with Gasteiger partial charge in [-0.3, -0.25) is 14.4 Å². The van der Waals surface area contributed by atoms with Gasteiger partial charge in [0.15, 0.2) is 6.10 Å². The molecule has 6 heteroatoms. The summed E-state index contributed by atoms with van der Waals surface area (Å²) in [6.07, 6.45) is 79.1. The molecule has 0 aromatic heterocycles. The average Bonchev–Trinajstić information content (AvgIpc) is 3.35. The molecule has 0 rings (SSSR count). The first-order valence-electron chi connectivity index (χ1n) is 27.7. The van der Waals surface area contributed by atoms with E-state index in [1.54, 1.807) is 6.08 Å². The molecule has 0 saturated heterocycles. The highest BCUT2D eigenvalue weighted by Gasteiger charge is 2.19. The summed E-state index contributed by atoms with van der Waals surface area (Å²) in [6.45, 7) is 6.28. The van der Waals surface area contributed by atoms with E-state index in [0.29, 0.717) is 19.3 Å². The van der Waals surface area contributed by atoms with Gasteiger partial charge < -0.3 is 14.2 Å². The molecule has 6 nitrogen and oxygen atoms in total. The number of hydrogen-bond donors (Lipinski definition) is 0.